The van der Waals surface area contributed by atoms with Gasteiger partial charge < -0.3 is 10.2 Å². The third-order valence-corrected chi connectivity index (χ3v) is 4.64. The summed E-state index contributed by atoms with van der Waals surface area (Å²) in [6.45, 7) is 10.9. The molecule has 0 radical (unpaired) electrons. The Kier molecular flexibility index (Phi) is 8.30. The average Bonchev–Trinajstić information content (AvgIpc) is 2.68. The van der Waals surface area contributed by atoms with Gasteiger partial charge >= 0.3 is 0 Å². The molecule has 1 N–H and O–H groups in total. The molecule has 4 heteroatoms. The number of halogens is 1. The molecule has 1 amide bonds. The fourth-order valence-electron chi connectivity index (χ4n) is 2.33. The highest BCUT2D eigenvalue weighted by molar-refractivity contribution is 5.95. The van der Waals surface area contributed by atoms with E-state index in [1.807, 2.05) is 39.1 Å². The van der Waals surface area contributed by atoms with Crippen molar-refractivity contribution in [3.8, 4) is 0 Å². The van der Waals surface area contributed by atoms with Crippen LogP contribution in [0.2, 0.25) is 0 Å². The van der Waals surface area contributed by atoms with Crippen molar-refractivity contribution in [2.45, 2.75) is 53.1 Å². The van der Waals surface area contributed by atoms with Crippen LogP contribution in [0.25, 0.3) is 0 Å². The number of carbonyl (C=O) groups excluding carboxylic acids is 1. The Bertz CT molecular complexity index is 702. The predicted molar refractivity (Wildman–Crippen MR) is 110 cm³/mol. The molecule has 0 unspecified atom stereocenters. The summed E-state index contributed by atoms with van der Waals surface area (Å²) < 4.78 is 12.9. The van der Waals surface area contributed by atoms with Gasteiger partial charge in [0.05, 0.1) is 0 Å². The van der Waals surface area contributed by atoms with Crippen LogP contribution in [0.1, 0.15) is 58.4 Å². The molecule has 2 aromatic rings. The van der Waals surface area contributed by atoms with Gasteiger partial charge in [-0.05, 0) is 56.2 Å². The van der Waals surface area contributed by atoms with Crippen LogP contribution in [0, 0.1) is 5.82 Å². The molecule has 0 aromatic heterocycles. The van der Waals surface area contributed by atoms with E-state index in [1.165, 1.54) is 12.1 Å². The van der Waals surface area contributed by atoms with E-state index in [-0.39, 0.29) is 18.7 Å². The van der Waals surface area contributed by atoms with Gasteiger partial charge in [-0.15, -0.1) is 0 Å². The molecule has 0 saturated heterocycles. The van der Waals surface area contributed by atoms with Gasteiger partial charge in [-0.3, -0.25) is 4.79 Å². The zero-order chi connectivity index (χ0) is 19.7. The smallest absolute Gasteiger partial charge is 0.251 e. The number of nitrogens with zero attached hydrogens (tertiary/aromatic N) is 1. The lowest BCUT2D eigenvalue weighted by atomic mass is 9.99. The van der Waals surface area contributed by atoms with Gasteiger partial charge in [0, 0.05) is 31.8 Å². The molecular weight excluding hydrogens is 327 g/mol. The van der Waals surface area contributed by atoms with Crippen LogP contribution in [0.4, 0.5) is 10.1 Å². The van der Waals surface area contributed by atoms with E-state index in [0.29, 0.717) is 12.1 Å². The molecule has 2 rings (SSSR count). The van der Waals surface area contributed by atoms with E-state index in [0.717, 1.165) is 17.7 Å². The lowest BCUT2D eigenvalue weighted by Gasteiger charge is -2.37. The summed E-state index contributed by atoms with van der Waals surface area (Å²) in [5, 5.41) is 2.87. The zero-order valence-electron chi connectivity index (χ0n) is 16.8. The topological polar surface area (TPSA) is 32.3 Å². The van der Waals surface area contributed by atoms with Crippen LogP contribution in [-0.2, 0) is 6.54 Å². The minimum absolute atomic E-state index is 0. The summed E-state index contributed by atoms with van der Waals surface area (Å²) in [6, 6.07) is 13.7. The second-order valence-corrected chi connectivity index (χ2v) is 6.58. The largest absolute Gasteiger partial charge is 0.369 e. The first-order chi connectivity index (χ1) is 12.3. The fourth-order valence-corrected chi connectivity index (χ4v) is 2.33. The normalized spacial score (nSPS) is 10.6. The van der Waals surface area contributed by atoms with Gasteiger partial charge in [0.1, 0.15) is 5.82 Å². The molecule has 2 aromatic carbocycles. The van der Waals surface area contributed by atoms with Crippen molar-refractivity contribution in [3.05, 3.63) is 65.5 Å². The lowest BCUT2D eigenvalue weighted by molar-refractivity contribution is 0.0951. The minimum atomic E-state index is -0.278. The molecule has 0 aliphatic carbocycles. The van der Waals surface area contributed by atoms with Crippen LogP contribution in [-0.4, -0.2) is 18.5 Å². The second kappa shape index (κ2) is 9.95. The summed E-state index contributed by atoms with van der Waals surface area (Å²) in [7, 11) is 2.04. The maximum atomic E-state index is 12.9. The first-order valence-electron chi connectivity index (χ1n) is 9.20. The monoisotopic (exact) mass is 360 g/mol. The Morgan fingerprint density at radius 3 is 2.35 bits per heavy atom. The van der Waals surface area contributed by atoms with Gasteiger partial charge in [0.2, 0.25) is 0 Å². The molecule has 0 heterocycles. The summed E-state index contributed by atoms with van der Waals surface area (Å²) >= 11 is 0. The van der Waals surface area contributed by atoms with Crippen molar-refractivity contribution >= 4 is 11.6 Å². The molecule has 0 saturated carbocycles. The number of anilines is 1. The minimum Gasteiger partial charge on any atom is -0.369 e. The molecule has 26 heavy (non-hydrogen) atoms. The number of rotatable bonds is 6. The maximum absolute atomic E-state index is 12.9. The Labute approximate surface area is 158 Å². The standard InChI is InChI=1S/C20H25FN2O.C2H6.H2/c1-5-20(2,3)23(4)18-8-6-7-16(13-18)19(24)22-14-15-9-11-17(21)12-10-15;1-2;/h6-13H,5,14H2,1-4H3,(H,22,24);1-2H3;1H. The molecule has 0 atom stereocenters. The summed E-state index contributed by atoms with van der Waals surface area (Å²) in [5.74, 6) is -0.414. The van der Waals surface area contributed by atoms with Gasteiger partial charge in [-0.2, -0.15) is 0 Å². The number of hydrogen-bond donors (Lipinski definition) is 1. The number of amides is 1. The quantitative estimate of drug-likeness (QED) is 0.721. The molecule has 0 aliphatic heterocycles. The highest BCUT2D eigenvalue weighted by Crippen LogP contribution is 2.25. The van der Waals surface area contributed by atoms with E-state index in [4.69, 9.17) is 0 Å². The molecule has 0 fully saturated rings. The highest BCUT2D eigenvalue weighted by Gasteiger charge is 2.22. The first kappa shape index (κ1) is 21.7. The van der Waals surface area contributed by atoms with Crippen LogP contribution in [0.3, 0.4) is 0 Å². The summed E-state index contributed by atoms with van der Waals surface area (Å²) in [4.78, 5) is 14.6. The van der Waals surface area contributed by atoms with E-state index in [2.05, 4.69) is 31.0 Å². The predicted octanol–water partition coefficient (Wildman–Crippen LogP) is 5.65. The Balaban J connectivity index is 0.00000218. The molecule has 144 valence electrons. The number of carbonyl (C=O) groups is 1. The van der Waals surface area contributed by atoms with Crippen molar-refractivity contribution in [1.29, 1.82) is 0 Å². The van der Waals surface area contributed by atoms with E-state index in [9.17, 15) is 9.18 Å². The van der Waals surface area contributed by atoms with Crippen molar-refractivity contribution in [2.24, 2.45) is 0 Å². The fraction of sp³-hybridized carbons (Fsp3) is 0.409. The lowest BCUT2D eigenvalue weighted by Crippen LogP contribution is -2.40. The van der Waals surface area contributed by atoms with Crippen LogP contribution >= 0.6 is 0 Å². The van der Waals surface area contributed by atoms with E-state index in [1.54, 1.807) is 18.2 Å². The summed E-state index contributed by atoms with van der Waals surface area (Å²) in [5.41, 5.74) is 2.51. The number of benzene rings is 2. The highest BCUT2D eigenvalue weighted by atomic mass is 19.1. The van der Waals surface area contributed by atoms with Crippen molar-refractivity contribution < 1.29 is 10.6 Å². The molecular formula is C22H33FN2O. The van der Waals surface area contributed by atoms with Crippen LogP contribution < -0.4 is 10.2 Å². The van der Waals surface area contributed by atoms with Crippen molar-refractivity contribution in [1.82, 2.24) is 5.32 Å². The van der Waals surface area contributed by atoms with Gasteiger partial charge in [-0.25, -0.2) is 4.39 Å². The first-order valence-corrected chi connectivity index (χ1v) is 9.20. The maximum Gasteiger partial charge on any atom is 0.251 e. The van der Waals surface area contributed by atoms with Gasteiger partial charge in [-0.1, -0.05) is 39.0 Å². The Morgan fingerprint density at radius 2 is 1.77 bits per heavy atom. The average molecular weight is 361 g/mol. The molecule has 0 spiro atoms. The third kappa shape index (κ3) is 5.87. The third-order valence-electron chi connectivity index (χ3n) is 4.64. The molecule has 3 nitrogen and oxygen atoms in total. The van der Waals surface area contributed by atoms with Crippen LogP contribution in [0.5, 0.6) is 0 Å². The number of nitrogens with one attached hydrogen (secondary N) is 1. The molecule has 0 bridgehead atoms. The molecule has 0 aliphatic rings. The van der Waals surface area contributed by atoms with E-state index >= 15 is 0 Å². The Morgan fingerprint density at radius 1 is 1.15 bits per heavy atom. The van der Waals surface area contributed by atoms with Gasteiger partial charge in [0.25, 0.3) is 5.91 Å². The van der Waals surface area contributed by atoms with E-state index < -0.39 is 0 Å². The van der Waals surface area contributed by atoms with Gasteiger partial charge in [0.15, 0.2) is 0 Å². The SMILES string of the molecule is CC.CCC(C)(C)N(C)c1cccc(C(=O)NCc2ccc(F)cc2)c1.[HH]. The number of hydrogen-bond acceptors (Lipinski definition) is 2. The second-order valence-electron chi connectivity index (χ2n) is 6.58. The van der Waals surface area contributed by atoms with Crippen molar-refractivity contribution in [2.75, 3.05) is 11.9 Å². The Hall–Kier alpha value is -2.36. The summed E-state index contributed by atoms with van der Waals surface area (Å²) in [6.07, 6.45) is 1.00. The zero-order valence-corrected chi connectivity index (χ0v) is 16.8. The van der Waals surface area contributed by atoms with Crippen molar-refractivity contribution in [3.63, 3.8) is 0 Å². The van der Waals surface area contributed by atoms with Crippen LogP contribution in [0.15, 0.2) is 48.5 Å².